The molecule has 0 radical (unpaired) electrons. The Morgan fingerprint density at radius 2 is 1.87 bits per heavy atom. The summed E-state index contributed by atoms with van der Waals surface area (Å²) in [6.07, 6.45) is 2.52. The summed E-state index contributed by atoms with van der Waals surface area (Å²) in [5.74, 6) is 0.320. The molecule has 6 heteroatoms. The van der Waals surface area contributed by atoms with E-state index in [4.69, 9.17) is 4.74 Å². The van der Waals surface area contributed by atoms with Crippen LogP contribution >= 0.6 is 0 Å². The highest BCUT2D eigenvalue weighted by Crippen LogP contribution is 2.28. The van der Waals surface area contributed by atoms with Crippen molar-refractivity contribution in [2.45, 2.75) is 6.42 Å². The van der Waals surface area contributed by atoms with Crippen molar-refractivity contribution in [3.8, 4) is 5.75 Å². The Kier molecular flexibility index (Phi) is 5.38. The van der Waals surface area contributed by atoms with E-state index < -0.39 is 0 Å². The van der Waals surface area contributed by atoms with Crippen LogP contribution in [0.15, 0.2) is 59.6 Å². The number of carbonyl (C=O) groups is 1. The second-order valence-electron chi connectivity index (χ2n) is 7.99. The highest BCUT2D eigenvalue weighted by molar-refractivity contribution is 6.13. The molecule has 0 aromatic heterocycles. The minimum atomic E-state index is -0.199. The summed E-state index contributed by atoms with van der Waals surface area (Å²) < 4.78 is 19.4. The Morgan fingerprint density at radius 1 is 1.00 bits per heavy atom. The zero-order chi connectivity index (χ0) is 21.2. The third-order valence-corrected chi connectivity index (χ3v) is 6.00. The average Bonchev–Trinajstić information content (AvgIpc) is 3.17. The van der Waals surface area contributed by atoms with Gasteiger partial charge in [0, 0.05) is 55.6 Å². The first-order valence-corrected chi connectivity index (χ1v) is 10.7. The van der Waals surface area contributed by atoms with Crippen LogP contribution in [0.3, 0.4) is 0 Å². The number of halogens is 1. The van der Waals surface area contributed by atoms with E-state index in [1.54, 1.807) is 18.3 Å². The zero-order valence-electron chi connectivity index (χ0n) is 17.3. The third kappa shape index (κ3) is 4.16. The molecule has 1 saturated heterocycles. The van der Waals surface area contributed by atoms with Crippen LogP contribution in [0.5, 0.6) is 5.75 Å². The van der Waals surface area contributed by atoms with Crippen LogP contribution in [-0.2, 0) is 0 Å². The highest BCUT2D eigenvalue weighted by atomic mass is 19.1. The Balaban J connectivity index is 1.10. The molecule has 5 rings (SSSR count). The lowest BCUT2D eigenvalue weighted by atomic mass is 10.1. The van der Waals surface area contributed by atoms with Gasteiger partial charge in [-0.1, -0.05) is 12.1 Å². The summed E-state index contributed by atoms with van der Waals surface area (Å²) in [5.41, 5.74) is 2.65. The largest absolute Gasteiger partial charge is 0.494 e. The van der Waals surface area contributed by atoms with Gasteiger partial charge in [-0.2, -0.15) is 0 Å². The number of amides is 1. The lowest BCUT2D eigenvalue weighted by molar-refractivity contribution is 0.101. The number of benzene rings is 3. The fourth-order valence-corrected chi connectivity index (χ4v) is 4.32. The van der Waals surface area contributed by atoms with E-state index in [0.29, 0.717) is 12.2 Å². The third-order valence-electron chi connectivity index (χ3n) is 6.00. The second-order valence-corrected chi connectivity index (χ2v) is 7.99. The summed E-state index contributed by atoms with van der Waals surface area (Å²) in [6, 6.07) is 16.6. The number of fused-ring (bicyclic) bond motifs is 2. The van der Waals surface area contributed by atoms with E-state index in [-0.39, 0.29) is 11.7 Å². The van der Waals surface area contributed by atoms with Crippen LogP contribution in [0, 0.1) is 5.82 Å². The van der Waals surface area contributed by atoms with Crippen molar-refractivity contribution in [2.24, 2.45) is 4.99 Å². The molecule has 1 amide bonds. The van der Waals surface area contributed by atoms with Gasteiger partial charge >= 0.3 is 0 Å². The molecule has 3 aromatic carbocycles. The fraction of sp³-hybridized carbons (Fsp3) is 0.280. The Morgan fingerprint density at radius 3 is 2.74 bits per heavy atom. The maximum absolute atomic E-state index is 13.5. The smallest absolute Gasteiger partial charge is 0.277 e. The molecule has 31 heavy (non-hydrogen) atoms. The van der Waals surface area contributed by atoms with Crippen molar-refractivity contribution in [1.82, 2.24) is 4.90 Å². The number of ether oxygens (including phenoxy) is 1. The van der Waals surface area contributed by atoms with Gasteiger partial charge < -0.3 is 9.64 Å². The first kappa shape index (κ1) is 19.7. The van der Waals surface area contributed by atoms with E-state index in [2.05, 4.69) is 20.9 Å². The van der Waals surface area contributed by atoms with Crippen molar-refractivity contribution >= 4 is 28.6 Å². The van der Waals surface area contributed by atoms with Crippen LogP contribution in [0.2, 0.25) is 0 Å². The molecular formula is C25H24FN3O2. The highest BCUT2D eigenvalue weighted by Gasteiger charge is 2.19. The molecular weight excluding hydrogens is 393 g/mol. The van der Waals surface area contributed by atoms with Gasteiger partial charge in [0.1, 0.15) is 11.6 Å². The number of hydrogen-bond acceptors (Lipinski definition) is 4. The van der Waals surface area contributed by atoms with E-state index in [1.807, 2.05) is 30.3 Å². The monoisotopic (exact) mass is 417 g/mol. The molecule has 2 aliphatic heterocycles. The van der Waals surface area contributed by atoms with Crippen molar-refractivity contribution < 1.29 is 13.9 Å². The maximum atomic E-state index is 13.5. The Hall–Kier alpha value is -3.25. The SMILES string of the molecule is O=C1N=Cc2ccc(OCCCN3CCN(c4cccc5cc(F)ccc45)CC3)cc21. The molecule has 2 aliphatic rings. The molecule has 1 fully saturated rings. The minimum Gasteiger partial charge on any atom is -0.494 e. The first-order chi connectivity index (χ1) is 15.2. The number of piperazine rings is 1. The number of aliphatic imine (C=N–C) groups is 1. The molecule has 158 valence electrons. The molecule has 0 bridgehead atoms. The van der Waals surface area contributed by atoms with Gasteiger partial charge in [-0.25, -0.2) is 9.38 Å². The topological polar surface area (TPSA) is 45.1 Å². The normalized spacial score (nSPS) is 16.2. The number of anilines is 1. The molecule has 3 aromatic rings. The summed E-state index contributed by atoms with van der Waals surface area (Å²) in [7, 11) is 0. The van der Waals surface area contributed by atoms with Gasteiger partial charge in [-0.15, -0.1) is 0 Å². The van der Waals surface area contributed by atoms with Crippen LogP contribution in [-0.4, -0.2) is 56.4 Å². The van der Waals surface area contributed by atoms with Crippen molar-refractivity contribution in [1.29, 1.82) is 0 Å². The van der Waals surface area contributed by atoms with E-state index in [1.165, 1.54) is 11.8 Å². The Labute approximate surface area is 180 Å². The van der Waals surface area contributed by atoms with E-state index >= 15 is 0 Å². The van der Waals surface area contributed by atoms with Crippen molar-refractivity contribution in [3.05, 3.63) is 71.5 Å². The first-order valence-electron chi connectivity index (χ1n) is 10.7. The van der Waals surface area contributed by atoms with E-state index in [9.17, 15) is 9.18 Å². The number of carbonyl (C=O) groups excluding carboxylic acids is 1. The lowest BCUT2D eigenvalue weighted by Gasteiger charge is -2.36. The van der Waals surface area contributed by atoms with Gasteiger partial charge in [-0.05, 0) is 54.3 Å². The lowest BCUT2D eigenvalue weighted by Crippen LogP contribution is -2.46. The molecule has 0 N–H and O–H groups in total. The number of rotatable bonds is 6. The van der Waals surface area contributed by atoms with Gasteiger partial charge in [0.25, 0.3) is 5.91 Å². The summed E-state index contributed by atoms with van der Waals surface area (Å²) in [6.45, 7) is 5.46. The van der Waals surface area contributed by atoms with Crippen LogP contribution in [0.4, 0.5) is 10.1 Å². The summed E-state index contributed by atoms with van der Waals surface area (Å²) in [5, 5.41) is 2.04. The predicted octanol–water partition coefficient (Wildman–Crippen LogP) is 4.14. The van der Waals surface area contributed by atoms with Gasteiger partial charge in [0.2, 0.25) is 0 Å². The van der Waals surface area contributed by atoms with Crippen LogP contribution in [0.1, 0.15) is 22.3 Å². The fourth-order valence-electron chi connectivity index (χ4n) is 4.32. The molecule has 2 heterocycles. The second kappa shape index (κ2) is 8.47. The van der Waals surface area contributed by atoms with Crippen molar-refractivity contribution in [2.75, 3.05) is 44.2 Å². The number of hydrogen-bond donors (Lipinski definition) is 0. The van der Waals surface area contributed by atoms with E-state index in [0.717, 1.165) is 61.2 Å². The molecule has 0 spiro atoms. The van der Waals surface area contributed by atoms with Gasteiger partial charge in [0.05, 0.1) is 12.2 Å². The quantitative estimate of drug-likeness (QED) is 0.566. The molecule has 0 saturated carbocycles. The number of nitrogens with zero attached hydrogens (tertiary/aromatic N) is 3. The zero-order valence-corrected chi connectivity index (χ0v) is 17.3. The van der Waals surface area contributed by atoms with Crippen LogP contribution in [0.25, 0.3) is 10.8 Å². The molecule has 0 atom stereocenters. The minimum absolute atomic E-state index is 0.198. The average molecular weight is 417 g/mol. The van der Waals surface area contributed by atoms with Crippen LogP contribution < -0.4 is 9.64 Å². The Bertz CT molecular complexity index is 1150. The van der Waals surface area contributed by atoms with Gasteiger partial charge in [0.15, 0.2) is 0 Å². The molecule has 0 aliphatic carbocycles. The van der Waals surface area contributed by atoms with Crippen molar-refractivity contribution in [3.63, 3.8) is 0 Å². The summed E-state index contributed by atoms with van der Waals surface area (Å²) >= 11 is 0. The predicted molar refractivity (Wildman–Crippen MR) is 121 cm³/mol. The summed E-state index contributed by atoms with van der Waals surface area (Å²) in [4.78, 5) is 20.3. The standard InChI is InChI=1S/C25H24FN3O2/c26-20-6-8-22-18(15-20)3-1-4-24(22)29-12-10-28(11-13-29)9-2-14-31-21-7-5-19-17-27-25(30)23(19)16-21/h1,3-8,15-17H,2,9-14H2. The molecule has 5 nitrogen and oxygen atoms in total. The molecule has 0 unspecified atom stereocenters. The van der Waals surface area contributed by atoms with Gasteiger partial charge in [-0.3, -0.25) is 9.69 Å². The maximum Gasteiger partial charge on any atom is 0.277 e.